The van der Waals surface area contributed by atoms with E-state index in [1.807, 2.05) is 55.4 Å². The highest BCUT2D eigenvalue weighted by Crippen LogP contribution is 2.36. The van der Waals surface area contributed by atoms with Gasteiger partial charge in [-0.3, -0.25) is 4.79 Å². The Hall–Kier alpha value is -2.33. The quantitative estimate of drug-likeness (QED) is 0.891. The number of amides is 1. The number of anilines is 1. The van der Waals surface area contributed by atoms with Crippen molar-refractivity contribution in [3.63, 3.8) is 0 Å². The molecule has 0 aliphatic heterocycles. The van der Waals surface area contributed by atoms with Gasteiger partial charge in [0.2, 0.25) is 5.91 Å². The maximum absolute atomic E-state index is 11.7. The highest BCUT2D eigenvalue weighted by Gasteiger charge is 2.18. The van der Waals surface area contributed by atoms with Crippen LogP contribution in [0.5, 0.6) is 0 Å². The molecule has 1 amide bonds. The van der Waals surface area contributed by atoms with E-state index < -0.39 is 5.91 Å². The van der Waals surface area contributed by atoms with Gasteiger partial charge in [-0.15, -0.1) is 0 Å². The van der Waals surface area contributed by atoms with Crippen molar-refractivity contribution in [2.75, 3.05) is 19.0 Å². The van der Waals surface area contributed by atoms with Crippen LogP contribution >= 0.6 is 0 Å². The van der Waals surface area contributed by atoms with Gasteiger partial charge in [-0.25, -0.2) is 0 Å². The van der Waals surface area contributed by atoms with Crippen molar-refractivity contribution in [1.29, 1.82) is 0 Å². The van der Waals surface area contributed by atoms with Crippen molar-refractivity contribution in [2.45, 2.75) is 6.54 Å². The molecule has 0 bridgehead atoms. The highest BCUT2D eigenvalue weighted by atomic mass is 16.1. The largest absolute Gasteiger partial charge is 0.377 e. The first-order valence-corrected chi connectivity index (χ1v) is 6.44. The zero-order valence-corrected chi connectivity index (χ0v) is 11.8. The number of carbonyl (C=O) groups is 1. The van der Waals surface area contributed by atoms with E-state index >= 15 is 0 Å². The summed E-state index contributed by atoms with van der Waals surface area (Å²) in [6, 6.07) is 13.4. The van der Waals surface area contributed by atoms with Crippen LogP contribution in [0, 0.1) is 0 Å². The first kappa shape index (κ1) is 14.1. The summed E-state index contributed by atoms with van der Waals surface area (Å²) in [5, 5.41) is 0. The Labute approximate surface area is 119 Å². The first-order valence-electron chi connectivity index (χ1n) is 6.44. The summed E-state index contributed by atoms with van der Waals surface area (Å²) in [5.41, 5.74) is 15.6. The molecule has 0 spiro atoms. The Morgan fingerprint density at radius 3 is 2.25 bits per heavy atom. The van der Waals surface area contributed by atoms with Crippen LogP contribution in [0.1, 0.15) is 15.9 Å². The van der Waals surface area contributed by atoms with Gasteiger partial charge >= 0.3 is 0 Å². The maximum Gasteiger partial charge on any atom is 0.249 e. The molecule has 104 valence electrons. The number of primary amides is 1. The maximum atomic E-state index is 11.7. The van der Waals surface area contributed by atoms with Crippen LogP contribution in [0.15, 0.2) is 42.5 Å². The Morgan fingerprint density at radius 2 is 1.75 bits per heavy atom. The molecule has 0 saturated heterocycles. The predicted octanol–water partition coefficient (Wildman–Crippen LogP) is 1.98. The standard InChI is InChI=1S/C16H19N3O/c1-19(2)15-12(10-17)8-9-13(16(18)20)14(15)11-6-4-3-5-7-11/h3-9H,10,17H2,1-2H3,(H2,18,20). The number of hydrogen-bond donors (Lipinski definition) is 2. The lowest BCUT2D eigenvalue weighted by molar-refractivity contribution is 0.100. The summed E-state index contributed by atoms with van der Waals surface area (Å²) in [7, 11) is 3.87. The molecule has 2 aromatic carbocycles. The van der Waals surface area contributed by atoms with Gasteiger partial charge in [-0.1, -0.05) is 36.4 Å². The van der Waals surface area contributed by atoms with Crippen molar-refractivity contribution in [1.82, 2.24) is 0 Å². The van der Waals surface area contributed by atoms with Crippen molar-refractivity contribution >= 4 is 11.6 Å². The van der Waals surface area contributed by atoms with Crippen molar-refractivity contribution < 1.29 is 4.79 Å². The molecule has 0 atom stereocenters. The van der Waals surface area contributed by atoms with Gasteiger partial charge < -0.3 is 16.4 Å². The lowest BCUT2D eigenvalue weighted by atomic mass is 9.93. The molecule has 0 saturated carbocycles. The van der Waals surface area contributed by atoms with Crippen LogP contribution in [0.25, 0.3) is 11.1 Å². The minimum Gasteiger partial charge on any atom is -0.377 e. The molecule has 0 aliphatic rings. The van der Waals surface area contributed by atoms with Gasteiger partial charge in [0.15, 0.2) is 0 Å². The summed E-state index contributed by atoms with van der Waals surface area (Å²) < 4.78 is 0. The fourth-order valence-electron chi connectivity index (χ4n) is 2.41. The second-order valence-electron chi connectivity index (χ2n) is 4.82. The van der Waals surface area contributed by atoms with Gasteiger partial charge in [0.25, 0.3) is 0 Å². The number of rotatable bonds is 4. The minimum atomic E-state index is -0.435. The molecular formula is C16H19N3O. The Balaban J connectivity index is 2.82. The van der Waals surface area contributed by atoms with E-state index in [9.17, 15) is 4.79 Å². The van der Waals surface area contributed by atoms with Gasteiger partial charge in [-0.05, 0) is 17.2 Å². The second-order valence-corrected chi connectivity index (χ2v) is 4.82. The molecule has 2 aromatic rings. The van der Waals surface area contributed by atoms with E-state index in [4.69, 9.17) is 11.5 Å². The van der Waals surface area contributed by atoms with E-state index in [1.54, 1.807) is 6.07 Å². The third kappa shape index (κ3) is 2.51. The molecule has 4 heteroatoms. The molecular weight excluding hydrogens is 250 g/mol. The Morgan fingerprint density at radius 1 is 1.10 bits per heavy atom. The van der Waals surface area contributed by atoms with E-state index in [-0.39, 0.29) is 0 Å². The van der Waals surface area contributed by atoms with E-state index in [2.05, 4.69) is 0 Å². The van der Waals surface area contributed by atoms with E-state index in [0.29, 0.717) is 12.1 Å². The summed E-state index contributed by atoms with van der Waals surface area (Å²) in [4.78, 5) is 13.7. The zero-order chi connectivity index (χ0) is 14.7. The molecule has 4 nitrogen and oxygen atoms in total. The summed E-state index contributed by atoms with van der Waals surface area (Å²) in [6.45, 7) is 0.409. The number of nitrogens with zero attached hydrogens (tertiary/aromatic N) is 1. The normalized spacial score (nSPS) is 10.3. The van der Waals surface area contributed by atoms with E-state index in [0.717, 1.165) is 22.4 Å². The highest BCUT2D eigenvalue weighted by molar-refractivity contribution is 6.03. The van der Waals surface area contributed by atoms with Crippen molar-refractivity contribution in [3.05, 3.63) is 53.6 Å². The Kier molecular flexibility index (Phi) is 4.05. The SMILES string of the molecule is CN(C)c1c(CN)ccc(C(N)=O)c1-c1ccccc1. The average Bonchev–Trinajstić information content (AvgIpc) is 2.46. The minimum absolute atomic E-state index is 0.409. The lowest BCUT2D eigenvalue weighted by Crippen LogP contribution is -2.19. The predicted molar refractivity (Wildman–Crippen MR) is 82.6 cm³/mol. The van der Waals surface area contributed by atoms with Crippen LogP contribution in [0.2, 0.25) is 0 Å². The topological polar surface area (TPSA) is 72.3 Å². The fourth-order valence-corrected chi connectivity index (χ4v) is 2.41. The number of carbonyl (C=O) groups excluding carboxylic acids is 1. The average molecular weight is 269 g/mol. The molecule has 0 aromatic heterocycles. The molecule has 4 N–H and O–H groups in total. The smallest absolute Gasteiger partial charge is 0.249 e. The van der Waals surface area contributed by atoms with Gasteiger partial charge in [0, 0.05) is 37.5 Å². The van der Waals surface area contributed by atoms with Crippen LogP contribution in [0.3, 0.4) is 0 Å². The second kappa shape index (κ2) is 5.75. The summed E-state index contributed by atoms with van der Waals surface area (Å²) >= 11 is 0. The van der Waals surface area contributed by atoms with Crippen LogP contribution < -0.4 is 16.4 Å². The monoisotopic (exact) mass is 269 g/mol. The lowest BCUT2D eigenvalue weighted by Gasteiger charge is -2.23. The molecule has 0 heterocycles. The number of hydrogen-bond acceptors (Lipinski definition) is 3. The van der Waals surface area contributed by atoms with Gasteiger partial charge in [0.1, 0.15) is 0 Å². The Bertz CT molecular complexity index is 621. The van der Waals surface area contributed by atoms with Gasteiger partial charge in [0.05, 0.1) is 0 Å². The molecule has 0 radical (unpaired) electrons. The van der Waals surface area contributed by atoms with Crippen LogP contribution in [0.4, 0.5) is 5.69 Å². The van der Waals surface area contributed by atoms with Crippen molar-refractivity contribution in [3.8, 4) is 11.1 Å². The molecule has 0 unspecified atom stereocenters. The molecule has 0 aliphatic carbocycles. The third-order valence-electron chi connectivity index (χ3n) is 3.26. The third-order valence-corrected chi connectivity index (χ3v) is 3.26. The molecule has 0 fully saturated rings. The van der Waals surface area contributed by atoms with Crippen LogP contribution in [-0.2, 0) is 6.54 Å². The van der Waals surface area contributed by atoms with Gasteiger partial charge in [-0.2, -0.15) is 0 Å². The fraction of sp³-hybridized carbons (Fsp3) is 0.188. The zero-order valence-electron chi connectivity index (χ0n) is 11.8. The number of benzene rings is 2. The number of nitrogens with two attached hydrogens (primary N) is 2. The molecule has 2 rings (SSSR count). The first-order chi connectivity index (χ1) is 9.56. The summed E-state index contributed by atoms with van der Waals surface area (Å²) in [6.07, 6.45) is 0. The molecule has 20 heavy (non-hydrogen) atoms. The summed E-state index contributed by atoms with van der Waals surface area (Å²) in [5.74, 6) is -0.435. The van der Waals surface area contributed by atoms with Crippen LogP contribution in [-0.4, -0.2) is 20.0 Å². The van der Waals surface area contributed by atoms with E-state index in [1.165, 1.54) is 0 Å². The van der Waals surface area contributed by atoms with Crippen molar-refractivity contribution in [2.24, 2.45) is 11.5 Å².